The van der Waals surface area contributed by atoms with E-state index in [9.17, 15) is 4.79 Å². The molecule has 5 nitrogen and oxygen atoms in total. The quantitative estimate of drug-likeness (QED) is 0.759. The highest BCUT2D eigenvalue weighted by Gasteiger charge is 2.17. The minimum atomic E-state index is -0.438. The Kier molecular flexibility index (Phi) is 3.27. The number of aromatic nitrogens is 2. The molecule has 0 aliphatic rings. The maximum absolute atomic E-state index is 11.7. The number of aryl methyl sites for hydroxylation is 1. The number of ether oxygens (including phenoxy) is 1. The molecule has 2 aromatic heterocycles. The fraction of sp³-hybridized carbons (Fsp3) is 0.333. The van der Waals surface area contributed by atoms with E-state index >= 15 is 0 Å². The van der Waals surface area contributed by atoms with Crippen molar-refractivity contribution in [1.29, 1.82) is 0 Å². The smallest absolute Gasteiger partial charge is 0.374 e. The van der Waals surface area contributed by atoms with Crippen molar-refractivity contribution in [3.8, 4) is 0 Å². The van der Waals surface area contributed by atoms with Gasteiger partial charge in [0.05, 0.1) is 12.8 Å². The van der Waals surface area contributed by atoms with E-state index in [0.29, 0.717) is 6.54 Å². The summed E-state index contributed by atoms with van der Waals surface area (Å²) in [6, 6.07) is 3.56. The van der Waals surface area contributed by atoms with E-state index in [1.807, 2.05) is 19.2 Å². The van der Waals surface area contributed by atoms with Crippen LogP contribution >= 0.6 is 0 Å². The number of hydrogen-bond acceptors (Lipinski definition) is 4. The van der Waals surface area contributed by atoms with Crippen molar-refractivity contribution in [2.45, 2.75) is 26.5 Å². The highest BCUT2D eigenvalue weighted by atomic mass is 16.6. The number of furan rings is 1. The van der Waals surface area contributed by atoms with Gasteiger partial charge in [0.25, 0.3) is 0 Å². The molecule has 2 heterocycles. The van der Waals surface area contributed by atoms with Crippen molar-refractivity contribution < 1.29 is 13.9 Å². The van der Waals surface area contributed by atoms with E-state index < -0.39 is 5.97 Å². The van der Waals surface area contributed by atoms with Crippen LogP contribution in [-0.2, 0) is 11.3 Å². The van der Waals surface area contributed by atoms with Crippen LogP contribution in [0.4, 0.5) is 0 Å². The van der Waals surface area contributed by atoms with Crippen molar-refractivity contribution in [3.05, 3.63) is 42.1 Å². The lowest BCUT2D eigenvalue weighted by atomic mass is 10.3. The molecule has 0 radical (unpaired) electrons. The van der Waals surface area contributed by atoms with E-state index in [1.54, 1.807) is 23.9 Å². The average Bonchev–Trinajstić information content (AvgIpc) is 2.88. The molecular formula is C12H14N2O3. The van der Waals surface area contributed by atoms with E-state index in [-0.39, 0.29) is 11.9 Å². The zero-order valence-corrected chi connectivity index (χ0v) is 9.79. The molecule has 0 amide bonds. The Morgan fingerprint density at radius 3 is 3.06 bits per heavy atom. The molecule has 0 spiro atoms. The van der Waals surface area contributed by atoms with Gasteiger partial charge in [0.15, 0.2) is 0 Å². The second kappa shape index (κ2) is 4.86. The van der Waals surface area contributed by atoms with Gasteiger partial charge in [0.1, 0.15) is 6.10 Å². The minimum Gasteiger partial charge on any atom is -0.457 e. The van der Waals surface area contributed by atoms with Crippen LogP contribution in [0.1, 0.15) is 23.0 Å². The van der Waals surface area contributed by atoms with Crippen LogP contribution < -0.4 is 0 Å². The van der Waals surface area contributed by atoms with Gasteiger partial charge in [-0.1, -0.05) is 0 Å². The van der Waals surface area contributed by atoms with E-state index in [1.165, 1.54) is 6.26 Å². The summed E-state index contributed by atoms with van der Waals surface area (Å²) in [6.07, 6.45) is 4.73. The summed E-state index contributed by atoms with van der Waals surface area (Å²) in [5.41, 5.74) is 0.779. The van der Waals surface area contributed by atoms with Crippen LogP contribution in [0.3, 0.4) is 0 Å². The molecule has 1 atom stereocenters. The van der Waals surface area contributed by atoms with Gasteiger partial charge in [-0.25, -0.2) is 4.79 Å². The van der Waals surface area contributed by atoms with Gasteiger partial charge in [0.2, 0.25) is 5.76 Å². The number of carbonyl (C=O) groups excluding carboxylic acids is 1. The van der Waals surface area contributed by atoms with Crippen molar-refractivity contribution in [2.24, 2.45) is 0 Å². The Morgan fingerprint density at radius 1 is 1.65 bits per heavy atom. The molecule has 17 heavy (non-hydrogen) atoms. The first-order valence-electron chi connectivity index (χ1n) is 5.39. The fourth-order valence-electron chi connectivity index (χ4n) is 1.53. The Morgan fingerprint density at radius 2 is 2.47 bits per heavy atom. The maximum atomic E-state index is 11.7. The number of rotatable bonds is 4. The summed E-state index contributed by atoms with van der Waals surface area (Å²) in [4.78, 5) is 11.7. The largest absolute Gasteiger partial charge is 0.457 e. The molecule has 1 unspecified atom stereocenters. The molecule has 0 N–H and O–H groups in total. The number of carbonyl (C=O) groups is 1. The minimum absolute atomic E-state index is 0.258. The Hall–Kier alpha value is -2.04. The summed E-state index contributed by atoms with van der Waals surface area (Å²) >= 11 is 0. The van der Waals surface area contributed by atoms with Crippen molar-refractivity contribution in [1.82, 2.24) is 9.78 Å². The van der Waals surface area contributed by atoms with E-state index in [4.69, 9.17) is 9.15 Å². The third kappa shape index (κ3) is 2.75. The lowest BCUT2D eigenvalue weighted by Gasteiger charge is -2.12. The van der Waals surface area contributed by atoms with Gasteiger partial charge < -0.3 is 9.15 Å². The highest BCUT2D eigenvalue weighted by molar-refractivity contribution is 5.87. The summed E-state index contributed by atoms with van der Waals surface area (Å²) in [7, 11) is 0. The maximum Gasteiger partial charge on any atom is 0.374 e. The van der Waals surface area contributed by atoms with Gasteiger partial charge in [-0.3, -0.25) is 4.68 Å². The summed E-state index contributed by atoms with van der Waals surface area (Å²) in [5.74, 6) is -0.176. The molecule has 0 saturated heterocycles. The van der Waals surface area contributed by atoms with Gasteiger partial charge >= 0.3 is 5.97 Å². The van der Waals surface area contributed by atoms with Gasteiger partial charge in [-0.15, -0.1) is 0 Å². The predicted octanol–water partition coefficient (Wildman–Crippen LogP) is 2.03. The van der Waals surface area contributed by atoms with E-state index in [0.717, 1.165) is 5.56 Å². The molecule has 0 bridgehead atoms. The van der Waals surface area contributed by atoms with Crippen LogP contribution in [0.25, 0.3) is 0 Å². The third-order valence-corrected chi connectivity index (χ3v) is 2.36. The van der Waals surface area contributed by atoms with Gasteiger partial charge in [-0.05, 0) is 26.0 Å². The van der Waals surface area contributed by atoms with Crippen molar-refractivity contribution in [3.63, 3.8) is 0 Å². The monoisotopic (exact) mass is 234 g/mol. The van der Waals surface area contributed by atoms with Crippen LogP contribution in [0.15, 0.2) is 35.2 Å². The first kappa shape index (κ1) is 11.4. The fourth-order valence-corrected chi connectivity index (χ4v) is 1.53. The van der Waals surface area contributed by atoms with Crippen LogP contribution in [0, 0.1) is 6.92 Å². The average molecular weight is 234 g/mol. The topological polar surface area (TPSA) is 57.3 Å². The SMILES string of the molecule is Cc1ccoc1C(=O)OC(C)Cn1cccn1. The number of nitrogens with zero attached hydrogens (tertiary/aromatic N) is 2. The zero-order valence-electron chi connectivity index (χ0n) is 9.79. The second-order valence-electron chi connectivity index (χ2n) is 3.88. The Labute approximate surface area is 99.0 Å². The molecule has 0 saturated carbocycles. The molecule has 0 aliphatic heterocycles. The lowest BCUT2D eigenvalue weighted by molar-refractivity contribution is 0.0262. The molecule has 0 aliphatic carbocycles. The van der Waals surface area contributed by atoms with Gasteiger partial charge in [0, 0.05) is 18.0 Å². The van der Waals surface area contributed by atoms with Crippen LogP contribution in [0.2, 0.25) is 0 Å². The predicted molar refractivity (Wildman–Crippen MR) is 60.5 cm³/mol. The molecule has 2 rings (SSSR count). The summed E-state index contributed by atoms with van der Waals surface area (Å²) in [6.45, 7) is 4.15. The Bertz CT molecular complexity index is 488. The van der Waals surface area contributed by atoms with Crippen LogP contribution in [-0.4, -0.2) is 21.9 Å². The lowest BCUT2D eigenvalue weighted by Crippen LogP contribution is -2.21. The molecular weight excluding hydrogens is 220 g/mol. The standard InChI is InChI=1S/C12H14N2O3/c1-9-4-7-16-11(9)12(15)17-10(2)8-14-6-3-5-13-14/h3-7,10H,8H2,1-2H3. The summed E-state index contributed by atoms with van der Waals surface area (Å²) in [5, 5.41) is 4.05. The normalized spacial score (nSPS) is 12.4. The third-order valence-electron chi connectivity index (χ3n) is 2.36. The molecule has 0 fully saturated rings. The van der Waals surface area contributed by atoms with Crippen molar-refractivity contribution >= 4 is 5.97 Å². The first-order chi connectivity index (χ1) is 8.16. The van der Waals surface area contributed by atoms with Gasteiger partial charge in [-0.2, -0.15) is 5.10 Å². The highest BCUT2D eigenvalue weighted by Crippen LogP contribution is 2.11. The number of esters is 1. The molecule has 0 aromatic carbocycles. The van der Waals surface area contributed by atoms with E-state index in [2.05, 4.69) is 5.10 Å². The summed E-state index contributed by atoms with van der Waals surface area (Å²) < 4.78 is 12.0. The zero-order chi connectivity index (χ0) is 12.3. The first-order valence-corrected chi connectivity index (χ1v) is 5.39. The molecule has 5 heteroatoms. The molecule has 90 valence electrons. The Balaban J connectivity index is 1.93. The number of hydrogen-bond donors (Lipinski definition) is 0. The second-order valence-corrected chi connectivity index (χ2v) is 3.88. The van der Waals surface area contributed by atoms with Crippen molar-refractivity contribution in [2.75, 3.05) is 0 Å². The van der Waals surface area contributed by atoms with Crippen LogP contribution in [0.5, 0.6) is 0 Å². The molecule has 2 aromatic rings.